The predicted molar refractivity (Wildman–Crippen MR) is 168 cm³/mol. The minimum atomic E-state index is -1.11. The van der Waals surface area contributed by atoms with E-state index in [1.165, 1.54) is 7.11 Å². The number of alkyl halides is 2. The van der Waals surface area contributed by atoms with Crippen molar-refractivity contribution >= 4 is 43.5 Å². The monoisotopic (exact) mass is 659 g/mol. The Kier molecular flexibility index (Phi) is 10.8. The van der Waals surface area contributed by atoms with E-state index >= 15 is 0 Å². The zero-order chi connectivity index (χ0) is 28.5. The summed E-state index contributed by atoms with van der Waals surface area (Å²) in [6.45, 7) is 1.77. The van der Waals surface area contributed by atoms with E-state index in [1.807, 2.05) is 48.5 Å². The predicted octanol–water partition coefficient (Wildman–Crippen LogP) is 6.12. The number of hydrogen-bond donors (Lipinski definition) is 3. The van der Waals surface area contributed by atoms with Gasteiger partial charge in [-0.25, -0.2) is 0 Å². The van der Waals surface area contributed by atoms with Gasteiger partial charge in [0.05, 0.1) is 19.4 Å². The summed E-state index contributed by atoms with van der Waals surface area (Å²) in [4.78, 5) is 30.4. The molecule has 0 bridgehead atoms. The number of nitrogens with one attached hydrogen (secondary N) is 2. The quantitative estimate of drug-likeness (QED) is 0.138. The number of rotatable bonds is 10. The Labute approximate surface area is 243 Å². The number of halogens is 1. The molecule has 0 aliphatic carbocycles. The molecule has 1 unspecified atom stereocenters. The number of methoxy groups -OCH3 is 1. The van der Waals surface area contributed by atoms with Crippen LogP contribution in [0.15, 0.2) is 66.7 Å². The summed E-state index contributed by atoms with van der Waals surface area (Å²) >= 11 is -1.11. The van der Waals surface area contributed by atoms with Crippen LogP contribution in [0.2, 0.25) is 0 Å². The second-order valence-corrected chi connectivity index (χ2v) is 15.3. The molecule has 0 spiro atoms. The number of hydrogen-bond acceptors (Lipinski definition) is 6. The molecule has 4 rings (SSSR count). The molecule has 1 atom stereocenters. The van der Waals surface area contributed by atoms with Crippen molar-refractivity contribution in [3.8, 4) is 16.9 Å². The third kappa shape index (κ3) is 8.18. The minimum absolute atomic E-state index is 0.109. The topological polar surface area (TPSA) is 100 Å². The summed E-state index contributed by atoms with van der Waals surface area (Å²) in [5.74, 6) is 0.352. The summed E-state index contributed by atoms with van der Waals surface area (Å²) < 4.78 is 13.7. The van der Waals surface area contributed by atoms with E-state index < -0.39 is 26.2 Å². The third-order valence-corrected chi connectivity index (χ3v) is 10.5. The first-order chi connectivity index (χ1) is 19.4. The Bertz CT molecular complexity index is 1300. The molecule has 0 radical (unpaired) electrons. The van der Waals surface area contributed by atoms with Gasteiger partial charge in [0.15, 0.2) is 0 Å². The van der Waals surface area contributed by atoms with E-state index in [2.05, 4.69) is 23.6 Å². The van der Waals surface area contributed by atoms with Crippen LogP contribution in [-0.4, -0.2) is 56.4 Å². The first-order valence-electron chi connectivity index (χ1n) is 13.3. The molecule has 1 aliphatic rings. The molecule has 8 nitrogen and oxygen atoms in total. The zero-order valence-corrected chi connectivity index (χ0v) is 25.4. The van der Waals surface area contributed by atoms with Gasteiger partial charge in [0, 0.05) is 0 Å². The summed E-state index contributed by atoms with van der Waals surface area (Å²) in [7, 11) is 1.54. The molecular weight excluding hydrogens is 621 g/mol. The van der Waals surface area contributed by atoms with E-state index in [0.29, 0.717) is 29.1 Å². The molecule has 3 N–H and O–H groups in total. The Morgan fingerprint density at radius 3 is 2.48 bits per heavy atom. The van der Waals surface area contributed by atoms with Gasteiger partial charge in [0.1, 0.15) is 5.75 Å². The number of aliphatic hydroxyl groups excluding tert-OH is 1. The maximum atomic E-state index is 13.0. The number of amides is 2. The molecule has 1 saturated heterocycles. The summed E-state index contributed by atoms with van der Waals surface area (Å²) in [5.41, 5.74) is 4.63. The molecule has 1 aliphatic heterocycles. The van der Waals surface area contributed by atoms with Crippen LogP contribution >= 0.6 is 20.1 Å². The van der Waals surface area contributed by atoms with Gasteiger partial charge in [0.2, 0.25) is 0 Å². The number of anilines is 2. The van der Waals surface area contributed by atoms with Gasteiger partial charge in [-0.3, -0.25) is 4.79 Å². The van der Waals surface area contributed by atoms with Crippen LogP contribution in [0.25, 0.3) is 11.1 Å². The van der Waals surface area contributed by atoms with Crippen LogP contribution in [-0.2, 0) is 22.6 Å². The van der Waals surface area contributed by atoms with E-state index in [9.17, 15) is 14.7 Å². The first kappa shape index (κ1) is 29.8. The average Bonchev–Trinajstić information content (AvgIpc) is 2.96. The standard InChI is InChI=1S/C31H38IN3O5/c1-32(2)35-17-7-10-25(20-35)40-31(38)34-27-18-22(11-14-26(27)24-8-5-4-6-9-24)13-16-30(37)33-28-19-23(21-36)12-15-29(28)39-3/h4-6,8-9,11-12,14-15,18-19,25,36H,7,10,13,16-17,20-21H2,1-3H3,(H,33,37)(H,34,38). The Hall–Kier alpha value is -3.15. The molecule has 9 heteroatoms. The molecule has 0 saturated carbocycles. The number of nitrogens with zero attached hydrogens (tertiary/aromatic N) is 1. The molecule has 214 valence electrons. The Balaban J connectivity index is 1.45. The van der Waals surface area contributed by atoms with Crippen LogP contribution < -0.4 is 15.4 Å². The van der Waals surface area contributed by atoms with Crippen LogP contribution in [0.1, 0.15) is 30.4 Å². The molecule has 3 aromatic rings. The molecule has 1 heterocycles. The summed E-state index contributed by atoms with van der Waals surface area (Å²) in [6.07, 6.45) is 2.06. The SMILES string of the molecule is COc1ccc(CO)cc1NC(=O)CCc1ccc(-c2ccccc2)c(NC(=O)OC2CCCN(I(C)C)C2)c1. The van der Waals surface area contributed by atoms with Crippen molar-refractivity contribution in [2.45, 2.75) is 38.4 Å². The fourth-order valence-electron chi connectivity index (χ4n) is 4.73. The van der Waals surface area contributed by atoms with Gasteiger partial charge in [0.25, 0.3) is 0 Å². The van der Waals surface area contributed by atoms with E-state index in [0.717, 1.165) is 42.6 Å². The molecule has 2 amide bonds. The van der Waals surface area contributed by atoms with Crippen molar-refractivity contribution in [1.29, 1.82) is 0 Å². The van der Waals surface area contributed by atoms with Crippen LogP contribution in [0, 0.1) is 0 Å². The number of aliphatic hydroxyl groups is 1. The van der Waals surface area contributed by atoms with Crippen molar-refractivity contribution < 1.29 is 24.2 Å². The Morgan fingerprint density at radius 1 is 1.00 bits per heavy atom. The maximum absolute atomic E-state index is 13.0. The molecule has 3 aromatic carbocycles. The molecular formula is C31H38IN3O5. The second kappa shape index (κ2) is 14.5. The summed E-state index contributed by atoms with van der Waals surface area (Å²) in [5, 5.41) is 15.3. The number of aryl methyl sites for hydroxylation is 1. The van der Waals surface area contributed by atoms with Crippen molar-refractivity contribution in [3.63, 3.8) is 0 Å². The van der Waals surface area contributed by atoms with Crippen molar-refractivity contribution in [2.75, 3.05) is 40.7 Å². The van der Waals surface area contributed by atoms with Gasteiger partial charge < -0.3 is 15.2 Å². The number of benzene rings is 3. The van der Waals surface area contributed by atoms with Crippen LogP contribution in [0.5, 0.6) is 5.75 Å². The number of carbonyl (C=O) groups is 2. The van der Waals surface area contributed by atoms with Gasteiger partial charge in [-0.05, 0) is 17.7 Å². The first-order valence-corrected chi connectivity index (χ1v) is 18.6. The van der Waals surface area contributed by atoms with Gasteiger partial charge in [-0.2, -0.15) is 0 Å². The molecule has 40 heavy (non-hydrogen) atoms. The number of carbonyl (C=O) groups excluding carboxylic acids is 2. The third-order valence-electron chi connectivity index (χ3n) is 6.85. The van der Waals surface area contributed by atoms with Crippen molar-refractivity contribution in [1.82, 2.24) is 3.11 Å². The fourth-order valence-corrected chi connectivity index (χ4v) is 7.26. The van der Waals surface area contributed by atoms with E-state index in [-0.39, 0.29) is 25.0 Å². The van der Waals surface area contributed by atoms with E-state index in [1.54, 1.807) is 18.2 Å². The van der Waals surface area contributed by atoms with Crippen LogP contribution in [0.3, 0.4) is 0 Å². The van der Waals surface area contributed by atoms with Gasteiger partial charge in [-0.15, -0.1) is 0 Å². The van der Waals surface area contributed by atoms with Crippen LogP contribution in [0.4, 0.5) is 16.2 Å². The molecule has 0 aromatic heterocycles. The molecule has 1 fully saturated rings. The van der Waals surface area contributed by atoms with E-state index in [4.69, 9.17) is 9.47 Å². The Morgan fingerprint density at radius 2 is 1.75 bits per heavy atom. The average molecular weight is 660 g/mol. The second-order valence-electron chi connectivity index (χ2n) is 9.87. The fraction of sp³-hybridized carbons (Fsp3) is 0.355. The van der Waals surface area contributed by atoms with Crippen molar-refractivity contribution in [2.24, 2.45) is 0 Å². The summed E-state index contributed by atoms with van der Waals surface area (Å²) in [6, 6.07) is 20.9. The van der Waals surface area contributed by atoms with Crippen molar-refractivity contribution in [3.05, 3.63) is 77.9 Å². The van der Waals surface area contributed by atoms with Gasteiger partial charge >= 0.3 is 176 Å². The van der Waals surface area contributed by atoms with Gasteiger partial charge in [-0.1, -0.05) is 6.07 Å². The zero-order valence-electron chi connectivity index (χ0n) is 23.3. The number of piperidine rings is 1. The normalized spacial score (nSPS) is 15.7. The number of ether oxygens (including phenoxy) is 2.